The van der Waals surface area contributed by atoms with Crippen LogP contribution >= 0.6 is 0 Å². The zero-order valence-electron chi connectivity index (χ0n) is 12.5. The number of carbonyl (C=O) groups excluding carboxylic acids is 2. The number of nitro groups is 1. The van der Waals surface area contributed by atoms with Gasteiger partial charge in [-0.2, -0.15) is 13.2 Å². The summed E-state index contributed by atoms with van der Waals surface area (Å²) in [5, 5.41) is 12.7. The first-order valence-corrected chi connectivity index (χ1v) is 6.95. The van der Waals surface area contributed by atoms with Gasteiger partial charge in [-0.25, -0.2) is 0 Å². The van der Waals surface area contributed by atoms with Crippen molar-refractivity contribution in [2.45, 2.75) is 18.6 Å². The Bertz CT molecular complexity index is 677. The molecule has 1 saturated carbocycles. The van der Waals surface area contributed by atoms with Crippen LogP contribution in [-0.2, 0) is 15.8 Å². The number of carbonyl (C=O) groups is 2. The Morgan fingerprint density at radius 3 is 2.54 bits per heavy atom. The summed E-state index contributed by atoms with van der Waals surface area (Å²) in [5.74, 6) is -2.17. The molecule has 1 aromatic carbocycles. The summed E-state index contributed by atoms with van der Waals surface area (Å²) in [4.78, 5) is 34.7. The molecule has 2 amide bonds. The van der Waals surface area contributed by atoms with Crippen molar-refractivity contribution >= 4 is 17.5 Å². The number of halogens is 3. The van der Waals surface area contributed by atoms with Crippen molar-refractivity contribution in [3.63, 3.8) is 0 Å². The molecule has 1 aliphatic carbocycles. The largest absolute Gasteiger partial charge is 0.418 e. The van der Waals surface area contributed by atoms with Gasteiger partial charge >= 0.3 is 6.18 Å². The van der Waals surface area contributed by atoms with Crippen LogP contribution in [0, 0.1) is 16.0 Å². The van der Waals surface area contributed by atoms with Crippen molar-refractivity contribution in [3.8, 4) is 0 Å². The van der Waals surface area contributed by atoms with Gasteiger partial charge in [-0.05, 0) is 12.1 Å². The molecule has 130 valence electrons. The molecule has 0 spiro atoms. The number of alkyl halides is 3. The number of hydrogen-bond acceptors (Lipinski definition) is 4. The molecule has 0 heterocycles. The summed E-state index contributed by atoms with van der Waals surface area (Å²) in [6.45, 7) is -0.494. The molecule has 10 heteroatoms. The van der Waals surface area contributed by atoms with Gasteiger partial charge in [0.2, 0.25) is 17.9 Å². The van der Waals surface area contributed by atoms with Gasteiger partial charge in [0.25, 0.3) is 0 Å². The van der Waals surface area contributed by atoms with E-state index in [-0.39, 0.29) is 6.42 Å². The minimum atomic E-state index is -4.63. The number of benzene rings is 1. The summed E-state index contributed by atoms with van der Waals surface area (Å²) < 4.78 is 38.5. The maximum absolute atomic E-state index is 12.8. The average Bonchev–Trinajstić information content (AvgIpc) is 3.26. The smallest absolute Gasteiger partial charge is 0.336 e. The fourth-order valence-corrected chi connectivity index (χ4v) is 2.29. The van der Waals surface area contributed by atoms with E-state index in [1.165, 1.54) is 19.2 Å². The first kappa shape index (κ1) is 17.7. The molecular weight excluding hydrogens is 331 g/mol. The molecule has 2 rings (SSSR count). The fourth-order valence-electron chi connectivity index (χ4n) is 2.29. The Morgan fingerprint density at radius 1 is 1.38 bits per heavy atom. The highest BCUT2D eigenvalue weighted by molar-refractivity contribution is 5.95. The number of para-hydroxylation sites is 1. The first-order valence-electron chi connectivity index (χ1n) is 6.95. The Kier molecular flexibility index (Phi) is 4.76. The highest BCUT2D eigenvalue weighted by atomic mass is 19.4. The van der Waals surface area contributed by atoms with E-state index in [1.807, 2.05) is 0 Å². The van der Waals surface area contributed by atoms with E-state index in [4.69, 9.17) is 0 Å². The lowest BCUT2D eigenvalue weighted by Crippen LogP contribution is -2.37. The molecule has 0 aromatic heterocycles. The second kappa shape index (κ2) is 6.46. The van der Waals surface area contributed by atoms with E-state index in [0.29, 0.717) is 0 Å². The lowest BCUT2D eigenvalue weighted by Gasteiger charge is -2.18. The van der Waals surface area contributed by atoms with Crippen LogP contribution in [0.5, 0.6) is 0 Å². The summed E-state index contributed by atoms with van der Waals surface area (Å²) in [6.07, 6.45) is -4.52. The van der Waals surface area contributed by atoms with Crippen LogP contribution in [0.4, 0.5) is 18.9 Å². The van der Waals surface area contributed by atoms with E-state index in [9.17, 15) is 32.9 Å². The average molecular weight is 345 g/mol. The number of nitrogens with one attached hydrogen (secondary N) is 1. The second-order valence-electron chi connectivity index (χ2n) is 5.48. The number of hydrogen-bond donors (Lipinski definition) is 1. The molecular formula is C14H14F3N3O4. The van der Waals surface area contributed by atoms with Gasteiger partial charge in [0, 0.05) is 18.4 Å². The van der Waals surface area contributed by atoms with Crippen LogP contribution in [-0.4, -0.2) is 41.3 Å². The summed E-state index contributed by atoms with van der Waals surface area (Å²) >= 11 is 0. The maximum atomic E-state index is 12.8. The van der Waals surface area contributed by atoms with Gasteiger partial charge in [0.15, 0.2) is 0 Å². The van der Waals surface area contributed by atoms with Gasteiger partial charge in [-0.1, -0.05) is 12.1 Å². The monoisotopic (exact) mass is 345 g/mol. The number of nitrogens with zero attached hydrogens (tertiary/aromatic N) is 2. The molecule has 24 heavy (non-hydrogen) atoms. The first-order chi connectivity index (χ1) is 11.1. The molecule has 0 radical (unpaired) electrons. The van der Waals surface area contributed by atoms with Crippen molar-refractivity contribution in [2.75, 3.05) is 18.9 Å². The Labute approximate surface area is 134 Å². The molecule has 0 bridgehead atoms. The van der Waals surface area contributed by atoms with Gasteiger partial charge in [-0.15, -0.1) is 0 Å². The van der Waals surface area contributed by atoms with Crippen molar-refractivity contribution in [1.82, 2.24) is 4.90 Å². The number of amides is 2. The SMILES string of the molecule is CN(CC(=O)Nc1ccccc1C(F)(F)F)C(=O)C1CC1[N+](=O)[O-]. The molecule has 1 aliphatic rings. The van der Waals surface area contributed by atoms with Crippen molar-refractivity contribution in [2.24, 2.45) is 5.92 Å². The van der Waals surface area contributed by atoms with E-state index in [2.05, 4.69) is 5.32 Å². The van der Waals surface area contributed by atoms with E-state index in [0.717, 1.165) is 17.0 Å². The molecule has 1 N–H and O–H groups in total. The summed E-state index contributed by atoms with van der Waals surface area (Å²) in [6, 6.07) is 3.52. The summed E-state index contributed by atoms with van der Waals surface area (Å²) in [5.41, 5.74) is -1.41. The zero-order valence-corrected chi connectivity index (χ0v) is 12.5. The zero-order chi connectivity index (χ0) is 18.1. The summed E-state index contributed by atoms with van der Waals surface area (Å²) in [7, 11) is 1.27. The van der Waals surface area contributed by atoms with Crippen LogP contribution in [0.25, 0.3) is 0 Å². The van der Waals surface area contributed by atoms with Crippen LogP contribution in [0.1, 0.15) is 12.0 Å². The third kappa shape index (κ3) is 4.00. The van der Waals surface area contributed by atoms with Gasteiger partial charge in [0.05, 0.1) is 17.8 Å². The lowest BCUT2D eigenvalue weighted by molar-refractivity contribution is -0.497. The Balaban J connectivity index is 1.97. The highest BCUT2D eigenvalue weighted by Crippen LogP contribution is 2.35. The molecule has 2 unspecified atom stereocenters. The predicted octanol–water partition coefficient (Wildman–Crippen LogP) is 1.77. The molecule has 0 saturated heterocycles. The number of anilines is 1. The Hall–Kier alpha value is -2.65. The third-order valence-corrected chi connectivity index (χ3v) is 3.61. The normalized spacial score (nSPS) is 19.5. The van der Waals surface area contributed by atoms with Crippen molar-refractivity contribution < 1.29 is 27.7 Å². The fraction of sp³-hybridized carbons (Fsp3) is 0.429. The quantitative estimate of drug-likeness (QED) is 0.650. The minimum absolute atomic E-state index is 0.106. The van der Waals surface area contributed by atoms with Crippen LogP contribution < -0.4 is 5.32 Å². The number of rotatable bonds is 5. The molecule has 7 nitrogen and oxygen atoms in total. The van der Waals surface area contributed by atoms with Crippen molar-refractivity contribution in [1.29, 1.82) is 0 Å². The number of likely N-dealkylation sites (N-methyl/N-ethyl adjacent to an activating group) is 1. The molecule has 1 aromatic rings. The second-order valence-corrected chi connectivity index (χ2v) is 5.48. The molecule has 2 atom stereocenters. The molecule has 0 aliphatic heterocycles. The standard InChI is InChI=1S/C14H14F3N3O4/c1-19(13(22)8-6-11(8)20(23)24)7-12(21)18-10-5-3-2-4-9(10)14(15,16)17/h2-5,8,11H,6-7H2,1H3,(H,18,21). The maximum Gasteiger partial charge on any atom is 0.418 e. The predicted molar refractivity (Wildman–Crippen MR) is 76.6 cm³/mol. The van der Waals surface area contributed by atoms with Gasteiger partial charge in [-0.3, -0.25) is 19.7 Å². The third-order valence-electron chi connectivity index (χ3n) is 3.61. The van der Waals surface area contributed by atoms with Crippen LogP contribution in [0.2, 0.25) is 0 Å². The lowest BCUT2D eigenvalue weighted by atomic mass is 10.1. The topological polar surface area (TPSA) is 92.6 Å². The van der Waals surface area contributed by atoms with Crippen molar-refractivity contribution in [3.05, 3.63) is 39.9 Å². The molecule has 1 fully saturated rings. The van der Waals surface area contributed by atoms with Crippen LogP contribution in [0.3, 0.4) is 0 Å². The highest BCUT2D eigenvalue weighted by Gasteiger charge is 2.54. The van der Waals surface area contributed by atoms with E-state index >= 15 is 0 Å². The minimum Gasteiger partial charge on any atom is -0.336 e. The Morgan fingerprint density at radius 2 is 2.00 bits per heavy atom. The van der Waals surface area contributed by atoms with Crippen LogP contribution in [0.15, 0.2) is 24.3 Å². The van der Waals surface area contributed by atoms with E-state index in [1.54, 1.807) is 0 Å². The van der Waals surface area contributed by atoms with Gasteiger partial charge in [0.1, 0.15) is 5.92 Å². The van der Waals surface area contributed by atoms with Gasteiger partial charge < -0.3 is 10.2 Å². The van der Waals surface area contributed by atoms with E-state index < -0.39 is 52.7 Å².